The lowest BCUT2D eigenvalue weighted by Gasteiger charge is -2.26. The van der Waals surface area contributed by atoms with Crippen molar-refractivity contribution in [2.75, 3.05) is 20.2 Å². The largest absolute Gasteiger partial charge is 0.496 e. The Balaban J connectivity index is 0.000000980. The van der Waals surface area contributed by atoms with E-state index in [9.17, 15) is 0 Å². The van der Waals surface area contributed by atoms with Crippen LogP contribution in [0, 0.1) is 0 Å². The molecule has 1 aromatic carbocycles. The van der Waals surface area contributed by atoms with Crippen molar-refractivity contribution in [1.29, 1.82) is 0 Å². The van der Waals surface area contributed by atoms with Crippen molar-refractivity contribution in [3.05, 3.63) is 24.3 Å². The summed E-state index contributed by atoms with van der Waals surface area (Å²) in [5.74, 6) is 0.986. The van der Waals surface area contributed by atoms with Crippen LogP contribution in [0.2, 0.25) is 0 Å². The molecule has 78 valence electrons. The second-order valence-corrected chi connectivity index (χ2v) is 4.39. The molecule has 1 aliphatic heterocycles. The average Bonchev–Trinajstić information content (AvgIpc) is 2.12. The maximum atomic E-state index is 5.27. The van der Waals surface area contributed by atoms with Gasteiger partial charge in [-0.1, -0.05) is 12.1 Å². The van der Waals surface area contributed by atoms with Gasteiger partial charge in [-0.3, -0.25) is 0 Å². The molecule has 2 nitrogen and oxygen atoms in total. The van der Waals surface area contributed by atoms with Crippen LogP contribution in [0.5, 0.6) is 5.75 Å². The van der Waals surface area contributed by atoms with Crippen molar-refractivity contribution < 1.29 is 4.74 Å². The number of thioether (sulfide) groups is 1. The van der Waals surface area contributed by atoms with Crippen LogP contribution in [0.25, 0.3) is 0 Å². The van der Waals surface area contributed by atoms with Gasteiger partial charge in [-0.25, -0.2) is 0 Å². The fraction of sp³-hybridized carbons (Fsp3) is 0.400. The first-order chi connectivity index (χ1) is 6.40. The normalized spacial score (nSPS) is 15.5. The molecular weight excluding hydrogens is 218 g/mol. The van der Waals surface area contributed by atoms with Gasteiger partial charge in [0, 0.05) is 23.2 Å². The van der Waals surface area contributed by atoms with Crippen molar-refractivity contribution in [3.8, 4) is 5.75 Å². The standard InChI is InChI=1S/C10H13NOS.ClH/c1-12-9-4-2-3-5-10(9)13-8-6-11-7-8;/h2-5,8,11H,6-7H2,1H3;1H. The topological polar surface area (TPSA) is 21.3 Å². The molecule has 1 N–H and O–H groups in total. The number of hydrogen-bond acceptors (Lipinski definition) is 3. The van der Waals surface area contributed by atoms with E-state index >= 15 is 0 Å². The molecule has 0 aliphatic carbocycles. The SMILES string of the molecule is COc1ccccc1SC1CNC1.Cl. The maximum Gasteiger partial charge on any atom is 0.132 e. The van der Waals surface area contributed by atoms with E-state index in [0.29, 0.717) is 0 Å². The molecule has 0 unspecified atom stereocenters. The molecule has 1 aromatic rings. The molecule has 2 rings (SSSR count). The van der Waals surface area contributed by atoms with E-state index in [1.165, 1.54) is 4.90 Å². The van der Waals surface area contributed by atoms with E-state index in [1.54, 1.807) is 7.11 Å². The van der Waals surface area contributed by atoms with Gasteiger partial charge in [0.2, 0.25) is 0 Å². The summed E-state index contributed by atoms with van der Waals surface area (Å²) in [5, 5.41) is 3.98. The predicted octanol–water partition coefficient (Wildman–Crippen LogP) is 2.18. The molecule has 0 atom stereocenters. The van der Waals surface area contributed by atoms with E-state index in [0.717, 1.165) is 24.1 Å². The van der Waals surface area contributed by atoms with Crippen molar-refractivity contribution in [1.82, 2.24) is 5.32 Å². The highest BCUT2D eigenvalue weighted by molar-refractivity contribution is 8.00. The average molecular weight is 232 g/mol. The summed E-state index contributed by atoms with van der Waals surface area (Å²) in [4.78, 5) is 1.25. The van der Waals surface area contributed by atoms with Gasteiger partial charge in [0.25, 0.3) is 0 Å². The Labute approximate surface area is 94.8 Å². The molecule has 4 heteroatoms. The van der Waals surface area contributed by atoms with Crippen LogP contribution in [0.3, 0.4) is 0 Å². The lowest BCUT2D eigenvalue weighted by molar-refractivity contribution is 0.404. The highest BCUT2D eigenvalue weighted by Gasteiger charge is 2.19. The predicted molar refractivity (Wildman–Crippen MR) is 62.8 cm³/mol. The fourth-order valence-corrected chi connectivity index (χ4v) is 2.43. The molecule has 0 radical (unpaired) electrons. The Morgan fingerprint density at radius 3 is 2.64 bits per heavy atom. The highest BCUT2D eigenvalue weighted by Crippen LogP contribution is 2.32. The van der Waals surface area contributed by atoms with Gasteiger partial charge in [0.05, 0.1) is 7.11 Å². The van der Waals surface area contributed by atoms with Crippen molar-refractivity contribution >= 4 is 24.2 Å². The monoisotopic (exact) mass is 231 g/mol. The second kappa shape index (κ2) is 5.49. The molecule has 0 amide bonds. The minimum Gasteiger partial charge on any atom is -0.496 e. The van der Waals surface area contributed by atoms with E-state index in [-0.39, 0.29) is 12.4 Å². The number of hydrogen-bond donors (Lipinski definition) is 1. The molecule has 0 spiro atoms. The van der Waals surface area contributed by atoms with E-state index in [2.05, 4.69) is 17.4 Å². The summed E-state index contributed by atoms with van der Waals surface area (Å²) in [6.45, 7) is 2.23. The first kappa shape index (κ1) is 11.7. The molecule has 14 heavy (non-hydrogen) atoms. The Bertz CT molecular complexity index is 291. The molecule has 1 fully saturated rings. The Morgan fingerprint density at radius 2 is 2.07 bits per heavy atom. The quantitative estimate of drug-likeness (QED) is 0.862. The van der Waals surface area contributed by atoms with E-state index < -0.39 is 0 Å². The first-order valence-electron chi connectivity index (χ1n) is 4.40. The summed E-state index contributed by atoms with van der Waals surface area (Å²) >= 11 is 1.89. The third-order valence-electron chi connectivity index (χ3n) is 2.11. The zero-order chi connectivity index (χ0) is 9.10. The van der Waals surface area contributed by atoms with Crippen molar-refractivity contribution in [2.45, 2.75) is 10.1 Å². The number of ether oxygens (including phenoxy) is 1. The van der Waals surface area contributed by atoms with Gasteiger partial charge in [-0.15, -0.1) is 24.2 Å². The summed E-state index contributed by atoms with van der Waals surface area (Å²) in [6, 6.07) is 8.18. The van der Waals surface area contributed by atoms with Crippen LogP contribution < -0.4 is 10.1 Å². The number of benzene rings is 1. The van der Waals surface area contributed by atoms with Gasteiger partial charge >= 0.3 is 0 Å². The minimum absolute atomic E-state index is 0. The molecular formula is C10H14ClNOS. The fourth-order valence-electron chi connectivity index (χ4n) is 1.24. The summed E-state index contributed by atoms with van der Waals surface area (Å²) in [6.07, 6.45) is 0. The van der Waals surface area contributed by atoms with Crippen molar-refractivity contribution in [3.63, 3.8) is 0 Å². The van der Waals surface area contributed by atoms with Gasteiger partial charge in [0.15, 0.2) is 0 Å². The molecule has 0 aromatic heterocycles. The lowest BCUT2D eigenvalue weighted by Crippen LogP contribution is -2.44. The van der Waals surface area contributed by atoms with E-state index in [1.807, 2.05) is 23.9 Å². The Morgan fingerprint density at radius 1 is 1.36 bits per heavy atom. The summed E-state index contributed by atoms with van der Waals surface area (Å²) in [5.41, 5.74) is 0. The van der Waals surface area contributed by atoms with Crippen LogP contribution in [-0.2, 0) is 0 Å². The molecule has 0 saturated carbocycles. The maximum absolute atomic E-state index is 5.27. The van der Waals surface area contributed by atoms with Crippen LogP contribution in [0.15, 0.2) is 29.2 Å². The Kier molecular flexibility index (Phi) is 4.58. The smallest absolute Gasteiger partial charge is 0.132 e. The number of methoxy groups -OCH3 is 1. The highest BCUT2D eigenvalue weighted by atomic mass is 35.5. The zero-order valence-corrected chi connectivity index (χ0v) is 9.66. The third-order valence-corrected chi connectivity index (χ3v) is 3.36. The van der Waals surface area contributed by atoms with Gasteiger partial charge in [-0.05, 0) is 12.1 Å². The summed E-state index contributed by atoms with van der Waals surface area (Å²) < 4.78 is 5.27. The van der Waals surface area contributed by atoms with Gasteiger partial charge < -0.3 is 10.1 Å². The van der Waals surface area contributed by atoms with Crippen LogP contribution in [0.4, 0.5) is 0 Å². The third kappa shape index (κ3) is 2.56. The zero-order valence-electron chi connectivity index (χ0n) is 8.03. The van der Waals surface area contributed by atoms with Gasteiger partial charge in [-0.2, -0.15) is 0 Å². The molecule has 1 saturated heterocycles. The Hall–Kier alpha value is -0.380. The number of nitrogens with one attached hydrogen (secondary N) is 1. The minimum atomic E-state index is 0. The summed E-state index contributed by atoms with van der Waals surface area (Å²) in [7, 11) is 1.72. The first-order valence-corrected chi connectivity index (χ1v) is 5.28. The second-order valence-electron chi connectivity index (χ2n) is 3.05. The van der Waals surface area contributed by atoms with Gasteiger partial charge in [0.1, 0.15) is 5.75 Å². The molecule has 1 aliphatic rings. The number of para-hydroxylation sites is 1. The van der Waals surface area contributed by atoms with Crippen molar-refractivity contribution in [2.24, 2.45) is 0 Å². The van der Waals surface area contributed by atoms with Crippen LogP contribution in [0.1, 0.15) is 0 Å². The molecule has 1 heterocycles. The van der Waals surface area contributed by atoms with Crippen LogP contribution in [-0.4, -0.2) is 25.4 Å². The van der Waals surface area contributed by atoms with E-state index in [4.69, 9.17) is 4.74 Å². The lowest BCUT2D eigenvalue weighted by atomic mass is 10.3. The molecule has 0 bridgehead atoms. The van der Waals surface area contributed by atoms with Crippen LogP contribution >= 0.6 is 24.2 Å². The number of halogens is 1. The number of rotatable bonds is 3.